The third-order valence-electron chi connectivity index (χ3n) is 3.91. The number of nitrogens with one attached hydrogen (secondary N) is 1. The molecule has 0 aliphatic rings. The molecule has 3 aromatic heterocycles. The highest BCUT2D eigenvalue weighted by Crippen LogP contribution is 2.22. The predicted octanol–water partition coefficient (Wildman–Crippen LogP) is 0.679. The minimum Gasteiger partial charge on any atom is -0.508 e. The van der Waals surface area contributed by atoms with Crippen LogP contribution in [0.4, 0.5) is 0 Å². The molecule has 4 aromatic rings. The number of aromatic nitrogens is 5. The van der Waals surface area contributed by atoms with Crippen molar-refractivity contribution >= 4 is 16.9 Å². The molecule has 1 aromatic carbocycles. The van der Waals surface area contributed by atoms with Crippen LogP contribution in [0.2, 0.25) is 0 Å². The highest BCUT2D eigenvalue weighted by molar-refractivity contribution is 5.76. The number of fused-ring (bicyclic) bond motifs is 3. The average Bonchev–Trinajstić information content (AvgIpc) is 3.01. The standard InChI is InChI=1S/C15H13N5O3/c1-8-7-19-11-12(18(2)15(23)17-13(11)22)16-14(19)20(8)9-3-5-10(21)6-4-9/h3-7,21H,1-2H3,(H,17,22,23). The second-order valence-electron chi connectivity index (χ2n) is 5.39. The van der Waals surface area contributed by atoms with E-state index in [1.807, 2.05) is 11.5 Å². The van der Waals surface area contributed by atoms with Gasteiger partial charge in [-0.2, -0.15) is 4.98 Å². The molecule has 0 radical (unpaired) electrons. The Morgan fingerprint density at radius 1 is 1.17 bits per heavy atom. The Labute approximate surface area is 128 Å². The van der Waals surface area contributed by atoms with Gasteiger partial charge in [-0.15, -0.1) is 0 Å². The van der Waals surface area contributed by atoms with Crippen molar-refractivity contribution in [3.8, 4) is 11.4 Å². The van der Waals surface area contributed by atoms with Crippen LogP contribution in [0.15, 0.2) is 40.1 Å². The number of hydrogen-bond donors (Lipinski definition) is 2. The van der Waals surface area contributed by atoms with Gasteiger partial charge in [0.2, 0.25) is 5.78 Å². The van der Waals surface area contributed by atoms with Crippen molar-refractivity contribution in [3.63, 3.8) is 0 Å². The van der Waals surface area contributed by atoms with Crippen LogP contribution in [-0.2, 0) is 7.05 Å². The van der Waals surface area contributed by atoms with Crippen molar-refractivity contribution < 1.29 is 5.11 Å². The molecule has 4 rings (SSSR count). The van der Waals surface area contributed by atoms with Crippen LogP contribution in [0.3, 0.4) is 0 Å². The second-order valence-corrected chi connectivity index (χ2v) is 5.39. The molecule has 0 atom stereocenters. The fourth-order valence-corrected chi connectivity index (χ4v) is 2.79. The number of rotatable bonds is 1. The lowest BCUT2D eigenvalue weighted by Crippen LogP contribution is -2.28. The molecule has 0 bridgehead atoms. The number of hydrogen-bond acceptors (Lipinski definition) is 4. The summed E-state index contributed by atoms with van der Waals surface area (Å²) in [5.41, 5.74) is 1.33. The van der Waals surface area contributed by atoms with Gasteiger partial charge in [-0.05, 0) is 31.2 Å². The lowest BCUT2D eigenvalue weighted by Gasteiger charge is -2.05. The van der Waals surface area contributed by atoms with Crippen LogP contribution in [0.1, 0.15) is 5.69 Å². The topological polar surface area (TPSA) is 97.3 Å². The van der Waals surface area contributed by atoms with Gasteiger partial charge in [0, 0.05) is 24.6 Å². The smallest absolute Gasteiger partial charge is 0.329 e. The normalized spacial score (nSPS) is 11.6. The van der Waals surface area contributed by atoms with E-state index in [1.165, 1.54) is 4.57 Å². The van der Waals surface area contributed by atoms with Gasteiger partial charge in [0.05, 0.1) is 0 Å². The van der Waals surface area contributed by atoms with Gasteiger partial charge in [-0.1, -0.05) is 0 Å². The summed E-state index contributed by atoms with van der Waals surface area (Å²) in [4.78, 5) is 30.6. The lowest BCUT2D eigenvalue weighted by molar-refractivity contribution is 0.475. The zero-order chi connectivity index (χ0) is 16.3. The van der Waals surface area contributed by atoms with Crippen LogP contribution < -0.4 is 11.2 Å². The summed E-state index contributed by atoms with van der Waals surface area (Å²) in [5.74, 6) is 0.691. The van der Waals surface area contributed by atoms with Gasteiger partial charge >= 0.3 is 5.69 Å². The van der Waals surface area contributed by atoms with Crippen LogP contribution in [0, 0.1) is 6.92 Å². The first kappa shape index (κ1) is 13.4. The van der Waals surface area contributed by atoms with E-state index in [9.17, 15) is 14.7 Å². The number of H-pyrrole nitrogens is 1. The highest BCUT2D eigenvalue weighted by atomic mass is 16.3. The summed E-state index contributed by atoms with van der Waals surface area (Å²) < 4.78 is 4.82. The molecule has 8 nitrogen and oxygen atoms in total. The lowest BCUT2D eigenvalue weighted by atomic mass is 10.3. The maximum atomic E-state index is 12.2. The predicted molar refractivity (Wildman–Crippen MR) is 84.3 cm³/mol. The highest BCUT2D eigenvalue weighted by Gasteiger charge is 2.17. The number of aryl methyl sites for hydroxylation is 2. The third-order valence-corrected chi connectivity index (χ3v) is 3.91. The summed E-state index contributed by atoms with van der Waals surface area (Å²) in [5, 5.41) is 9.44. The van der Waals surface area contributed by atoms with Crippen LogP contribution in [0.25, 0.3) is 22.6 Å². The molecular formula is C15H13N5O3. The minimum atomic E-state index is -0.504. The molecule has 8 heteroatoms. The zero-order valence-electron chi connectivity index (χ0n) is 12.4. The van der Waals surface area contributed by atoms with E-state index in [-0.39, 0.29) is 5.75 Å². The first-order valence-corrected chi connectivity index (χ1v) is 6.96. The van der Waals surface area contributed by atoms with Crippen molar-refractivity contribution in [1.29, 1.82) is 0 Å². The van der Waals surface area contributed by atoms with Gasteiger partial charge in [0.25, 0.3) is 5.56 Å². The molecule has 0 saturated heterocycles. The van der Waals surface area contributed by atoms with Gasteiger partial charge in [0.15, 0.2) is 11.2 Å². The Balaban J connectivity index is 2.17. The summed E-state index contributed by atoms with van der Waals surface area (Å²) in [7, 11) is 1.56. The fraction of sp³-hybridized carbons (Fsp3) is 0.133. The zero-order valence-corrected chi connectivity index (χ0v) is 12.4. The van der Waals surface area contributed by atoms with Crippen molar-refractivity contribution in [3.05, 3.63) is 57.0 Å². The molecular weight excluding hydrogens is 298 g/mol. The molecule has 2 N–H and O–H groups in total. The Kier molecular flexibility index (Phi) is 2.53. The van der Waals surface area contributed by atoms with Gasteiger partial charge in [-0.25, -0.2) is 4.79 Å². The van der Waals surface area contributed by atoms with Crippen molar-refractivity contribution in [2.45, 2.75) is 6.92 Å². The van der Waals surface area contributed by atoms with E-state index in [1.54, 1.807) is 41.9 Å². The van der Waals surface area contributed by atoms with Crippen molar-refractivity contribution in [2.75, 3.05) is 0 Å². The Morgan fingerprint density at radius 3 is 2.57 bits per heavy atom. The Hall–Kier alpha value is -3.29. The Morgan fingerprint density at radius 2 is 1.87 bits per heavy atom. The van der Waals surface area contributed by atoms with Crippen LogP contribution >= 0.6 is 0 Å². The monoisotopic (exact) mass is 311 g/mol. The van der Waals surface area contributed by atoms with Crippen molar-refractivity contribution in [2.24, 2.45) is 7.05 Å². The van der Waals surface area contributed by atoms with E-state index in [0.717, 1.165) is 11.4 Å². The maximum absolute atomic E-state index is 12.2. The minimum absolute atomic E-state index is 0.168. The number of aromatic hydroxyl groups is 1. The van der Waals surface area contributed by atoms with Gasteiger partial charge in [-0.3, -0.25) is 23.3 Å². The van der Waals surface area contributed by atoms with E-state index in [4.69, 9.17) is 0 Å². The number of benzene rings is 1. The molecule has 116 valence electrons. The molecule has 23 heavy (non-hydrogen) atoms. The SMILES string of the molecule is Cc1cn2c3c(=O)[nH]c(=O)n(C)c3nc2n1-c1ccc(O)cc1. The summed E-state index contributed by atoms with van der Waals surface area (Å²) in [6, 6.07) is 6.67. The third kappa shape index (κ3) is 1.75. The van der Waals surface area contributed by atoms with E-state index in [0.29, 0.717) is 16.9 Å². The second kappa shape index (κ2) is 4.35. The van der Waals surface area contributed by atoms with Crippen LogP contribution in [0.5, 0.6) is 5.75 Å². The summed E-state index contributed by atoms with van der Waals surface area (Å²) in [6.45, 7) is 1.89. The largest absolute Gasteiger partial charge is 0.508 e. The summed E-state index contributed by atoms with van der Waals surface area (Å²) >= 11 is 0. The number of aromatic amines is 1. The first-order chi connectivity index (χ1) is 11.0. The first-order valence-electron chi connectivity index (χ1n) is 6.96. The van der Waals surface area contributed by atoms with E-state index < -0.39 is 11.2 Å². The number of nitrogens with zero attached hydrogens (tertiary/aromatic N) is 4. The van der Waals surface area contributed by atoms with Gasteiger partial charge in [0.1, 0.15) is 5.75 Å². The average molecular weight is 311 g/mol. The van der Waals surface area contributed by atoms with E-state index in [2.05, 4.69) is 9.97 Å². The molecule has 0 saturated carbocycles. The number of phenols is 1. The molecule has 0 unspecified atom stereocenters. The fourth-order valence-electron chi connectivity index (χ4n) is 2.79. The molecule has 0 spiro atoms. The van der Waals surface area contributed by atoms with Crippen molar-refractivity contribution in [1.82, 2.24) is 23.5 Å². The van der Waals surface area contributed by atoms with Crippen LogP contribution in [-0.4, -0.2) is 28.6 Å². The molecule has 0 fully saturated rings. The molecule has 0 aliphatic heterocycles. The maximum Gasteiger partial charge on any atom is 0.329 e. The Bertz CT molecular complexity index is 1170. The van der Waals surface area contributed by atoms with E-state index >= 15 is 0 Å². The number of imidazole rings is 2. The summed E-state index contributed by atoms with van der Waals surface area (Å²) in [6.07, 6.45) is 1.79. The van der Waals surface area contributed by atoms with Gasteiger partial charge < -0.3 is 5.11 Å². The molecule has 3 heterocycles. The quantitative estimate of drug-likeness (QED) is 0.540. The molecule has 0 amide bonds. The number of phenolic OH excluding ortho intramolecular Hbond substituents is 1. The molecule has 0 aliphatic carbocycles.